The highest BCUT2D eigenvalue weighted by atomic mass is 32.2. The van der Waals surface area contributed by atoms with Gasteiger partial charge < -0.3 is 5.32 Å². The molecule has 0 saturated heterocycles. The van der Waals surface area contributed by atoms with Gasteiger partial charge in [-0.3, -0.25) is 0 Å². The van der Waals surface area contributed by atoms with Crippen molar-refractivity contribution >= 4 is 11.8 Å². The zero-order valence-corrected chi connectivity index (χ0v) is 10.6. The van der Waals surface area contributed by atoms with E-state index in [0.29, 0.717) is 6.04 Å². The standard InChI is InChI=1S/C14H19NS/c1-15-13(11-4-5-11)8-10-2-3-12-6-7-16-14(12)9-10/h2-3,9,11,13,15H,4-8H2,1H3. The highest BCUT2D eigenvalue weighted by molar-refractivity contribution is 7.99. The molecular formula is C14H19NS. The Bertz CT molecular complexity index is 384. The maximum absolute atomic E-state index is 3.47. The van der Waals surface area contributed by atoms with Gasteiger partial charge in [0.1, 0.15) is 0 Å². The zero-order chi connectivity index (χ0) is 11.0. The fourth-order valence-electron chi connectivity index (χ4n) is 2.59. The average Bonchev–Trinajstić information content (AvgIpc) is 3.04. The average molecular weight is 233 g/mol. The van der Waals surface area contributed by atoms with E-state index >= 15 is 0 Å². The van der Waals surface area contributed by atoms with Gasteiger partial charge in [-0.25, -0.2) is 0 Å². The van der Waals surface area contributed by atoms with Crippen molar-refractivity contribution in [3.05, 3.63) is 29.3 Å². The molecule has 1 N–H and O–H groups in total. The van der Waals surface area contributed by atoms with Gasteiger partial charge in [-0.2, -0.15) is 0 Å². The molecule has 0 spiro atoms. The largest absolute Gasteiger partial charge is 0.316 e. The number of benzene rings is 1. The van der Waals surface area contributed by atoms with Gasteiger partial charge in [0.05, 0.1) is 0 Å². The minimum absolute atomic E-state index is 0.699. The lowest BCUT2D eigenvalue weighted by Gasteiger charge is -2.15. The van der Waals surface area contributed by atoms with Crippen molar-refractivity contribution < 1.29 is 0 Å². The molecule has 1 saturated carbocycles. The van der Waals surface area contributed by atoms with Gasteiger partial charge in [-0.1, -0.05) is 12.1 Å². The van der Waals surface area contributed by atoms with Gasteiger partial charge >= 0.3 is 0 Å². The van der Waals surface area contributed by atoms with Crippen LogP contribution in [0.15, 0.2) is 23.1 Å². The van der Waals surface area contributed by atoms with E-state index in [4.69, 9.17) is 0 Å². The van der Waals surface area contributed by atoms with Crippen LogP contribution in [-0.4, -0.2) is 18.8 Å². The summed E-state index contributed by atoms with van der Waals surface area (Å²) in [5, 5.41) is 3.47. The van der Waals surface area contributed by atoms with Gasteiger partial charge in [0.15, 0.2) is 0 Å². The molecule has 1 aromatic rings. The molecule has 2 heteroatoms. The first-order chi connectivity index (χ1) is 7.86. The molecule has 0 bridgehead atoms. The van der Waals surface area contributed by atoms with Crippen molar-refractivity contribution in [1.29, 1.82) is 0 Å². The van der Waals surface area contributed by atoms with Crippen LogP contribution in [0.4, 0.5) is 0 Å². The molecule has 16 heavy (non-hydrogen) atoms. The summed E-state index contributed by atoms with van der Waals surface area (Å²) < 4.78 is 0. The Morgan fingerprint density at radius 2 is 2.31 bits per heavy atom. The first-order valence-corrected chi connectivity index (χ1v) is 7.27. The Morgan fingerprint density at radius 3 is 3.06 bits per heavy atom. The van der Waals surface area contributed by atoms with Crippen molar-refractivity contribution in [2.75, 3.05) is 12.8 Å². The minimum atomic E-state index is 0.699. The number of hydrogen-bond donors (Lipinski definition) is 1. The number of nitrogens with one attached hydrogen (secondary N) is 1. The second-order valence-electron chi connectivity index (χ2n) is 4.98. The second kappa shape index (κ2) is 4.42. The van der Waals surface area contributed by atoms with Crippen LogP contribution in [0.5, 0.6) is 0 Å². The summed E-state index contributed by atoms with van der Waals surface area (Å²) in [6, 6.07) is 7.78. The van der Waals surface area contributed by atoms with Crippen molar-refractivity contribution in [2.24, 2.45) is 5.92 Å². The normalized spacial score (nSPS) is 20.8. The van der Waals surface area contributed by atoms with E-state index in [1.165, 1.54) is 41.9 Å². The quantitative estimate of drug-likeness (QED) is 0.858. The Balaban J connectivity index is 1.74. The molecule has 1 aliphatic carbocycles. The molecular weight excluding hydrogens is 214 g/mol. The van der Waals surface area contributed by atoms with Crippen LogP contribution < -0.4 is 5.32 Å². The number of thioether (sulfide) groups is 1. The fraction of sp³-hybridized carbons (Fsp3) is 0.571. The van der Waals surface area contributed by atoms with Crippen molar-refractivity contribution in [1.82, 2.24) is 5.32 Å². The molecule has 1 fully saturated rings. The molecule has 0 radical (unpaired) electrons. The first-order valence-electron chi connectivity index (χ1n) is 6.28. The summed E-state index contributed by atoms with van der Waals surface area (Å²) in [5.41, 5.74) is 3.07. The summed E-state index contributed by atoms with van der Waals surface area (Å²) in [7, 11) is 2.10. The molecule has 2 aliphatic rings. The lowest BCUT2D eigenvalue weighted by Crippen LogP contribution is -2.29. The van der Waals surface area contributed by atoms with Crippen molar-refractivity contribution in [3.63, 3.8) is 0 Å². The number of aryl methyl sites for hydroxylation is 1. The summed E-state index contributed by atoms with van der Waals surface area (Å²) in [6.45, 7) is 0. The van der Waals surface area contributed by atoms with Crippen LogP contribution >= 0.6 is 11.8 Å². The molecule has 1 unspecified atom stereocenters. The Kier molecular flexibility index (Phi) is 2.95. The van der Waals surface area contributed by atoms with Crippen LogP contribution in [0.2, 0.25) is 0 Å². The third-order valence-corrected chi connectivity index (χ3v) is 4.88. The van der Waals surface area contributed by atoms with Gasteiger partial charge in [0.2, 0.25) is 0 Å². The highest BCUT2D eigenvalue weighted by Gasteiger charge is 2.30. The predicted octanol–water partition coefficient (Wildman–Crippen LogP) is 2.88. The number of likely N-dealkylation sites (N-methyl/N-ethyl adjacent to an activating group) is 1. The number of hydrogen-bond acceptors (Lipinski definition) is 2. The lowest BCUT2D eigenvalue weighted by molar-refractivity contribution is 0.500. The monoisotopic (exact) mass is 233 g/mol. The summed E-state index contributed by atoms with van der Waals surface area (Å²) in [4.78, 5) is 1.53. The second-order valence-corrected chi connectivity index (χ2v) is 6.11. The first kappa shape index (κ1) is 10.7. The maximum Gasteiger partial charge on any atom is 0.0133 e. The van der Waals surface area contributed by atoms with Crippen molar-refractivity contribution in [3.8, 4) is 0 Å². The van der Waals surface area contributed by atoms with Crippen LogP contribution in [0.1, 0.15) is 24.0 Å². The third-order valence-electron chi connectivity index (χ3n) is 3.78. The van der Waals surface area contributed by atoms with E-state index in [2.05, 4.69) is 30.6 Å². The lowest BCUT2D eigenvalue weighted by atomic mass is 10.0. The van der Waals surface area contributed by atoms with E-state index < -0.39 is 0 Å². The van der Waals surface area contributed by atoms with E-state index in [0.717, 1.165) is 5.92 Å². The van der Waals surface area contributed by atoms with Crippen molar-refractivity contribution in [2.45, 2.75) is 36.6 Å². The van der Waals surface area contributed by atoms with E-state index in [1.807, 2.05) is 11.8 Å². The smallest absolute Gasteiger partial charge is 0.0133 e. The maximum atomic E-state index is 3.47. The van der Waals surface area contributed by atoms with Gasteiger partial charge in [-0.15, -0.1) is 11.8 Å². The molecule has 3 rings (SSSR count). The van der Waals surface area contributed by atoms with E-state index in [1.54, 1.807) is 5.56 Å². The minimum Gasteiger partial charge on any atom is -0.316 e. The molecule has 1 aromatic carbocycles. The number of rotatable bonds is 4. The molecule has 0 amide bonds. The third kappa shape index (κ3) is 2.14. The van der Waals surface area contributed by atoms with Gasteiger partial charge in [-0.05, 0) is 55.8 Å². The molecule has 1 aliphatic heterocycles. The van der Waals surface area contributed by atoms with Gasteiger partial charge in [0.25, 0.3) is 0 Å². The van der Waals surface area contributed by atoms with Crippen LogP contribution in [0.25, 0.3) is 0 Å². The topological polar surface area (TPSA) is 12.0 Å². The fourth-order valence-corrected chi connectivity index (χ4v) is 3.73. The molecule has 1 nitrogen and oxygen atoms in total. The summed E-state index contributed by atoms with van der Waals surface area (Å²) >= 11 is 2.02. The SMILES string of the molecule is CNC(Cc1ccc2c(c1)SCC2)C1CC1. The van der Waals surface area contributed by atoms with E-state index in [-0.39, 0.29) is 0 Å². The Hall–Kier alpha value is -0.470. The van der Waals surface area contributed by atoms with Crippen LogP contribution in [0, 0.1) is 5.92 Å². The predicted molar refractivity (Wildman–Crippen MR) is 70.1 cm³/mol. The van der Waals surface area contributed by atoms with Crippen LogP contribution in [0.3, 0.4) is 0 Å². The van der Waals surface area contributed by atoms with Gasteiger partial charge in [0, 0.05) is 16.7 Å². The Labute approximate surface area is 102 Å². The molecule has 1 atom stereocenters. The molecule has 1 heterocycles. The molecule has 0 aromatic heterocycles. The zero-order valence-electron chi connectivity index (χ0n) is 9.83. The summed E-state index contributed by atoms with van der Waals surface area (Å²) in [5.74, 6) is 2.21. The highest BCUT2D eigenvalue weighted by Crippen LogP contribution is 2.35. The van der Waals surface area contributed by atoms with E-state index in [9.17, 15) is 0 Å². The summed E-state index contributed by atoms with van der Waals surface area (Å²) in [6.07, 6.45) is 5.31. The Morgan fingerprint density at radius 1 is 1.44 bits per heavy atom. The number of fused-ring (bicyclic) bond motifs is 1. The van der Waals surface area contributed by atoms with Crippen LogP contribution in [-0.2, 0) is 12.8 Å². The molecule has 86 valence electrons.